The lowest BCUT2D eigenvalue weighted by Gasteiger charge is -2.38. The summed E-state index contributed by atoms with van der Waals surface area (Å²) in [4.78, 5) is 140. The smallest absolute Gasteiger partial charge is 0.383 e. The Hall–Kier alpha value is -7.02. The molecule has 54 heteroatoms. The molecule has 110 heavy (non-hydrogen) atoms. The van der Waals surface area contributed by atoms with Gasteiger partial charge in [0.1, 0.15) is 110 Å². The molecule has 0 aliphatic carbocycles. The molecule has 6 aromatic rings. The van der Waals surface area contributed by atoms with Crippen LogP contribution in [0.15, 0.2) is 68.4 Å². The summed E-state index contributed by atoms with van der Waals surface area (Å²) in [6, 6.07) is 1.21. The number of H-pyrrole nitrogens is 2. The van der Waals surface area contributed by atoms with Crippen molar-refractivity contribution in [3.63, 3.8) is 0 Å². The Balaban J connectivity index is 0.769. The quantitative estimate of drug-likeness (QED) is 0.0251. The van der Waals surface area contributed by atoms with Gasteiger partial charge >= 0.3 is 50.7 Å². The minimum Gasteiger partial charge on any atom is -0.383 e. The van der Waals surface area contributed by atoms with Crippen molar-refractivity contribution in [2.24, 2.45) is 5.73 Å². The number of nitrogens with zero attached hydrogens (tertiary/aromatic N) is 11. The number of nitrogen functional groups attached to an aromatic ring is 3. The highest BCUT2D eigenvalue weighted by Crippen LogP contribution is 2.56. The van der Waals surface area contributed by atoms with Gasteiger partial charge in [-0.05, 0) is 52.2 Å². The lowest BCUT2D eigenvalue weighted by atomic mass is 10.1. The van der Waals surface area contributed by atoms with Gasteiger partial charge in [0.2, 0.25) is 5.95 Å². The number of phosphoric acid groups is 4. The van der Waals surface area contributed by atoms with E-state index in [4.69, 9.17) is 96.8 Å². The number of nitrogens with two attached hydrogens (primary N) is 4. The number of alkyl halides is 1. The summed E-state index contributed by atoms with van der Waals surface area (Å²) in [5, 5.41) is 2.50. The van der Waals surface area contributed by atoms with Crippen LogP contribution in [0.2, 0.25) is 0 Å². The lowest BCUT2D eigenvalue weighted by molar-refractivity contribution is -0.129. The average molecular weight is 1660 g/mol. The van der Waals surface area contributed by atoms with Crippen LogP contribution < -0.4 is 50.7 Å². The fraction of sp³-hybridized carbons (Fsp3) is 0.625. The normalized spacial score (nSPS) is 31.0. The van der Waals surface area contributed by atoms with Gasteiger partial charge in [0.25, 0.3) is 17.0 Å². The van der Waals surface area contributed by atoms with Crippen molar-refractivity contribution < 1.29 is 125 Å². The highest BCUT2D eigenvalue weighted by molar-refractivity contribution is 7.48. The molecule has 15 N–H and O–H groups in total. The fourth-order valence-corrected chi connectivity index (χ4v) is 17.1. The van der Waals surface area contributed by atoms with Crippen LogP contribution in [0.1, 0.15) is 84.4 Å². The summed E-state index contributed by atoms with van der Waals surface area (Å²) in [6.45, 7) is 4.63. The number of aryl methyl sites for hydroxylation is 1. The zero-order valence-corrected chi connectivity index (χ0v) is 63.5. The Morgan fingerprint density at radius 1 is 0.636 bits per heavy atom. The standard InChI is InChI=1S/C56H78FN18O30P5/c1-23(2)96-42-33(100-51(39(42)57)71-9-8-35(58)66-55(71)79)18-95-110(88,89)105-43-34(101-52(44(43)90-7)73-14-26(6)48(76)69-54(73)61)19-94-109(86,87)104-28-11-37(74-21-64-40-45(59)62-20-63-46(40)74)98-31(28)16-93-108(84,85)103-29-12-38(75-22-65-41-47(75)67-53(60)68-50(41)78)99-32(29)17-92-107(82,83)102-27-10-36(72-13-25(5)49(77)70-56(72)80)97-30(27)15-91-106(81)24(3)4/h8-9,13-14,20-24,27-34,36-39,42-44,51-52,54H,10-12,15-19,61H2,1-7H3,(H12-,58,59,60,62,63,66,67,68,69,70,76,77,78,79,80,82,83,84,85,86,87,88,89)/p+1. The van der Waals surface area contributed by atoms with E-state index in [1.165, 1.54) is 52.7 Å². The number of amides is 1. The van der Waals surface area contributed by atoms with Gasteiger partial charge in [-0.2, -0.15) is 9.97 Å². The summed E-state index contributed by atoms with van der Waals surface area (Å²) in [5.74, 6) is -1.18. The molecule has 6 aliphatic heterocycles. The second-order valence-corrected chi connectivity index (χ2v) is 33.8. The number of ether oxygens (including phenoxy) is 7. The largest absolute Gasteiger partial charge is 0.510 e. The number of halogens is 1. The van der Waals surface area contributed by atoms with Gasteiger partial charge in [-0.1, -0.05) is 0 Å². The molecule has 0 saturated carbocycles. The van der Waals surface area contributed by atoms with Crippen molar-refractivity contribution in [1.29, 1.82) is 0 Å². The summed E-state index contributed by atoms with van der Waals surface area (Å²) in [6.07, 6.45) is -23.1. The SMILES string of the molecule is COC1C(OP(=O)(O)OCC2OC(n3ccc(N)nc3=O)C(F)C2OC(C)C)C(COP(=O)(O)OC2CC(n3cnc4c(N)ncnc43)OC2COP(=O)(O)OC2CC(n3cnc4c(=O)[nH]c(N)nc43)OC2COP(=O)(O)OC2CC(n3cc(C)c(=O)[nH]c3=O)OC2CO[P+](=O)C(C)C)OC1N1C=C(C)C(=O)NC1N. The van der Waals surface area contributed by atoms with E-state index in [1.807, 2.05) is 0 Å². The summed E-state index contributed by atoms with van der Waals surface area (Å²) in [7, 11) is -23.2. The molecule has 0 bridgehead atoms. The Morgan fingerprint density at radius 3 is 1.73 bits per heavy atom. The Bertz CT molecular complexity index is 4900. The van der Waals surface area contributed by atoms with Crippen LogP contribution in [0.4, 0.5) is 22.0 Å². The van der Waals surface area contributed by atoms with Crippen molar-refractivity contribution >= 4 is 85.1 Å². The molecule has 0 radical (unpaired) electrons. The van der Waals surface area contributed by atoms with Crippen molar-refractivity contribution in [1.82, 2.24) is 68.4 Å². The Kier molecular flexibility index (Phi) is 24.9. The Labute approximate surface area is 619 Å². The van der Waals surface area contributed by atoms with Gasteiger partial charge in [0.15, 0.2) is 53.2 Å². The van der Waals surface area contributed by atoms with E-state index in [-0.39, 0.29) is 57.5 Å². The third kappa shape index (κ3) is 18.6. The van der Waals surface area contributed by atoms with E-state index >= 15 is 4.39 Å². The number of nitrogens with one attached hydrogen (secondary N) is 3. The molecule has 5 fully saturated rings. The van der Waals surface area contributed by atoms with Crippen LogP contribution in [0.5, 0.6) is 0 Å². The molecule has 0 aromatic carbocycles. The molecule has 12 heterocycles. The van der Waals surface area contributed by atoms with E-state index < -0.39 is 236 Å². The molecular weight excluding hydrogens is 1580 g/mol. The third-order valence-corrected chi connectivity index (χ3v) is 23.2. The molecule has 1 amide bonds. The Morgan fingerprint density at radius 2 is 1.16 bits per heavy atom. The first kappa shape index (κ1) is 82.4. The molecule has 12 rings (SSSR count). The van der Waals surface area contributed by atoms with Crippen LogP contribution in [0.3, 0.4) is 0 Å². The average Bonchev–Trinajstić information content (AvgIpc) is 1.62. The monoisotopic (exact) mass is 1660 g/mol. The molecule has 48 nitrogen and oxygen atoms in total. The maximum absolute atomic E-state index is 16.2. The third-order valence-electron chi connectivity index (χ3n) is 17.9. The maximum Gasteiger partial charge on any atom is 0.510 e. The highest BCUT2D eigenvalue weighted by atomic mass is 31.2. The van der Waals surface area contributed by atoms with Gasteiger partial charge in [-0.15, -0.1) is 4.52 Å². The van der Waals surface area contributed by atoms with Gasteiger partial charge < -0.3 is 80.1 Å². The van der Waals surface area contributed by atoms with E-state index in [0.717, 1.165) is 35.1 Å². The fourth-order valence-electron chi connectivity index (χ4n) is 12.7. The molecule has 6 aromatic heterocycles. The topological polar surface area (TPSA) is 647 Å². The number of hydrogen-bond donors (Lipinski definition) is 11. The number of imidazole rings is 2. The molecule has 0 spiro atoms. The number of anilines is 3. The van der Waals surface area contributed by atoms with Crippen LogP contribution in [0, 0.1) is 6.92 Å². The number of aromatic nitrogens is 12. The number of methoxy groups -OCH3 is 1. The minimum absolute atomic E-state index is 0.0661. The first-order chi connectivity index (χ1) is 51.8. The second-order valence-electron chi connectivity index (χ2n) is 26.3. The van der Waals surface area contributed by atoms with Gasteiger partial charge in [0, 0.05) is 56.1 Å². The number of fused-ring (bicyclic) bond motifs is 2. The van der Waals surface area contributed by atoms with Crippen LogP contribution >= 0.6 is 39.3 Å². The molecule has 23 unspecified atom stereocenters. The van der Waals surface area contributed by atoms with Gasteiger partial charge in [-0.25, -0.2) is 52.2 Å². The zero-order chi connectivity index (χ0) is 79.4. The first-order valence-electron chi connectivity index (χ1n) is 33.5. The second kappa shape index (κ2) is 33.2. The van der Waals surface area contributed by atoms with Gasteiger partial charge in [-0.3, -0.25) is 84.5 Å². The number of aromatic amines is 2. The maximum atomic E-state index is 16.2. The van der Waals surface area contributed by atoms with Crippen molar-refractivity contribution in [2.75, 3.05) is 57.3 Å². The summed E-state index contributed by atoms with van der Waals surface area (Å²) < 4.78 is 183. The molecule has 5 saturated heterocycles. The van der Waals surface area contributed by atoms with E-state index in [2.05, 4.69) is 45.2 Å². The van der Waals surface area contributed by atoms with Crippen molar-refractivity contribution in [3.05, 3.63) is 96.5 Å². The molecule has 6 aliphatic rings. The first-order valence-corrected chi connectivity index (χ1v) is 40.7. The van der Waals surface area contributed by atoms with Crippen molar-refractivity contribution in [3.8, 4) is 0 Å². The summed E-state index contributed by atoms with van der Waals surface area (Å²) >= 11 is 0. The molecule has 23 atom stereocenters. The molecular formula is C56H79FN18O30P5+. The van der Waals surface area contributed by atoms with Crippen molar-refractivity contribution in [2.45, 2.75) is 183 Å². The number of rotatable bonds is 32. The summed E-state index contributed by atoms with van der Waals surface area (Å²) in [5.41, 5.74) is 20.1. The molecule has 604 valence electrons. The van der Waals surface area contributed by atoms with Crippen LogP contribution in [0.25, 0.3) is 22.3 Å². The minimum atomic E-state index is -5.58. The number of phosphoric ester groups is 4. The van der Waals surface area contributed by atoms with Gasteiger partial charge in [0.05, 0.1) is 45.2 Å². The number of carbonyl (C=O) groups is 1. The zero-order valence-electron chi connectivity index (χ0n) is 59.0. The van der Waals surface area contributed by atoms with E-state index in [9.17, 15) is 66.4 Å². The lowest BCUT2D eigenvalue weighted by Crippen LogP contribution is -2.60. The van der Waals surface area contributed by atoms with Crippen LogP contribution in [-0.4, -0.2) is 226 Å². The predicted octanol–water partition coefficient (Wildman–Crippen LogP) is 0.207. The van der Waals surface area contributed by atoms with Crippen LogP contribution in [-0.2, 0) is 101 Å². The highest BCUT2D eigenvalue weighted by Gasteiger charge is 2.56. The number of hydrogen-bond acceptors (Lipinski definition) is 37. The van der Waals surface area contributed by atoms with E-state index in [1.54, 1.807) is 27.7 Å². The number of carbonyl (C=O) groups excluding carboxylic acids is 1. The predicted molar refractivity (Wildman–Crippen MR) is 368 cm³/mol. The van der Waals surface area contributed by atoms with E-state index in [0.29, 0.717) is 0 Å².